The first-order valence-corrected chi connectivity index (χ1v) is 8.56. The van der Waals surface area contributed by atoms with E-state index in [0.29, 0.717) is 25.3 Å². The average molecular weight is 334 g/mol. The van der Waals surface area contributed by atoms with E-state index in [0.717, 1.165) is 18.7 Å². The van der Waals surface area contributed by atoms with Crippen LogP contribution in [0.25, 0.3) is 0 Å². The molecule has 4 nitrogen and oxygen atoms in total. The molecule has 0 saturated carbocycles. The monoisotopic (exact) mass is 334 g/mol. The summed E-state index contributed by atoms with van der Waals surface area (Å²) < 4.78 is 18.6. The summed E-state index contributed by atoms with van der Waals surface area (Å²) in [6, 6.07) is 8.31. The SMILES string of the molecule is O=C(NC[C@H](c1ccc(F)cc1)N1CCOCC1)c1ccsc1. The second kappa shape index (κ2) is 7.68. The number of thiophene rings is 1. The van der Waals surface area contributed by atoms with E-state index >= 15 is 0 Å². The lowest BCUT2D eigenvalue weighted by molar-refractivity contribution is 0.0162. The summed E-state index contributed by atoms with van der Waals surface area (Å²) in [6.45, 7) is 3.44. The number of hydrogen-bond acceptors (Lipinski definition) is 4. The molecule has 1 N–H and O–H groups in total. The van der Waals surface area contributed by atoms with E-state index in [1.54, 1.807) is 12.1 Å². The Balaban J connectivity index is 1.72. The summed E-state index contributed by atoms with van der Waals surface area (Å²) in [7, 11) is 0. The molecule has 2 heterocycles. The number of ether oxygens (including phenoxy) is 1. The molecule has 0 spiro atoms. The number of benzene rings is 1. The molecule has 23 heavy (non-hydrogen) atoms. The number of halogens is 1. The van der Waals surface area contributed by atoms with Gasteiger partial charge in [-0.25, -0.2) is 4.39 Å². The molecule has 0 radical (unpaired) electrons. The first kappa shape index (κ1) is 16.1. The van der Waals surface area contributed by atoms with Crippen LogP contribution in [0.2, 0.25) is 0 Å². The number of carbonyl (C=O) groups is 1. The molecule has 6 heteroatoms. The highest BCUT2D eigenvalue weighted by molar-refractivity contribution is 7.08. The van der Waals surface area contributed by atoms with E-state index in [2.05, 4.69) is 10.2 Å². The van der Waals surface area contributed by atoms with Gasteiger partial charge < -0.3 is 10.1 Å². The van der Waals surface area contributed by atoms with Gasteiger partial charge in [-0.1, -0.05) is 12.1 Å². The predicted octanol–water partition coefficient (Wildman–Crippen LogP) is 2.69. The van der Waals surface area contributed by atoms with Gasteiger partial charge >= 0.3 is 0 Å². The summed E-state index contributed by atoms with van der Waals surface area (Å²) >= 11 is 1.50. The van der Waals surface area contributed by atoms with Crippen LogP contribution in [0, 0.1) is 5.82 Å². The van der Waals surface area contributed by atoms with E-state index in [9.17, 15) is 9.18 Å². The van der Waals surface area contributed by atoms with Crippen LogP contribution in [-0.4, -0.2) is 43.7 Å². The zero-order valence-corrected chi connectivity index (χ0v) is 13.5. The number of morpholine rings is 1. The van der Waals surface area contributed by atoms with Crippen LogP contribution < -0.4 is 5.32 Å². The molecule has 0 aliphatic carbocycles. The quantitative estimate of drug-likeness (QED) is 0.914. The number of nitrogens with zero attached hydrogens (tertiary/aromatic N) is 1. The van der Waals surface area contributed by atoms with Crippen LogP contribution in [0.3, 0.4) is 0 Å². The maximum absolute atomic E-state index is 13.2. The van der Waals surface area contributed by atoms with Crippen molar-refractivity contribution in [3.8, 4) is 0 Å². The van der Waals surface area contributed by atoms with Crippen LogP contribution in [0.4, 0.5) is 4.39 Å². The van der Waals surface area contributed by atoms with Crippen molar-refractivity contribution in [2.75, 3.05) is 32.8 Å². The summed E-state index contributed by atoms with van der Waals surface area (Å²) in [4.78, 5) is 14.4. The molecule has 2 aromatic rings. The van der Waals surface area contributed by atoms with Gasteiger partial charge in [0, 0.05) is 30.6 Å². The van der Waals surface area contributed by atoms with Crippen LogP contribution in [0.1, 0.15) is 22.0 Å². The first-order chi connectivity index (χ1) is 11.2. The van der Waals surface area contributed by atoms with E-state index in [1.165, 1.54) is 23.5 Å². The molecule has 1 aromatic heterocycles. The van der Waals surface area contributed by atoms with E-state index in [-0.39, 0.29) is 17.8 Å². The van der Waals surface area contributed by atoms with Gasteiger partial charge in [0.15, 0.2) is 0 Å². The largest absolute Gasteiger partial charge is 0.379 e. The highest BCUT2D eigenvalue weighted by Crippen LogP contribution is 2.22. The van der Waals surface area contributed by atoms with Gasteiger partial charge in [0.2, 0.25) is 0 Å². The molecule has 1 aromatic carbocycles. The molecule has 1 aliphatic rings. The fourth-order valence-electron chi connectivity index (χ4n) is 2.72. The lowest BCUT2D eigenvalue weighted by Crippen LogP contribution is -2.43. The van der Waals surface area contributed by atoms with Crippen molar-refractivity contribution in [2.45, 2.75) is 6.04 Å². The Morgan fingerprint density at radius 3 is 2.65 bits per heavy atom. The lowest BCUT2D eigenvalue weighted by atomic mass is 10.0. The number of carbonyl (C=O) groups excluding carboxylic acids is 1. The third-order valence-corrected chi connectivity index (χ3v) is 4.66. The van der Waals surface area contributed by atoms with E-state index < -0.39 is 0 Å². The highest BCUT2D eigenvalue weighted by atomic mass is 32.1. The second-order valence-corrected chi connectivity index (χ2v) is 6.22. The van der Waals surface area contributed by atoms with Crippen molar-refractivity contribution in [1.82, 2.24) is 10.2 Å². The summed E-state index contributed by atoms with van der Waals surface area (Å²) in [6.07, 6.45) is 0. The van der Waals surface area contributed by atoms with Crippen LogP contribution >= 0.6 is 11.3 Å². The van der Waals surface area contributed by atoms with Gasteiger partial charge in [0.05, 0.1) is 19.3 Å². The van der Waals surface area contributed by atoms with E-state index in [1.807, 2.05) is 16.8 Å². The van der Waals surface area contributed by atoms with Gasteiger partial charge in [-0.15, -0.1) is 0 Å². The normalized spacial score (nSPS) is 16.9. The molecule has 1 fully saturated rings. The maximum atomic E-state index is 13.2. The summed E-state index contributed by atoms with van der Waals surface area (Å²) in [5.74, 6) is -0.330. The second-order valence-electron chi connectivity index (χ2n) is 5.44. The van der Waals surface area contributed by atoms with Crippen molar-refractivity contribution < 1.29 is 13.9 Å². The van der Waals surface area contributed by atoms with Gasteiger partial charge in [-0.2, -0.15) is 11.3 Å². The Labute approximate surface area is 138 Å². The molecular weight excluding hydrogens is 315 g/mol. The smallest absolute Gasteiger partial charge is 0.252 e. The fraction of sp³-hybridized carbons (Fsp3) is 0.353. The zero-order valence-electron chi connectivity index (χ0n) is 12.7. The van der Waals surface area contributed by atoms with Crippen molar-refractivity contribution in [1.29, 1.82) is 0 Å². The van der Waals surface area contributed by atoms with Crippen LogP contribution in [0.5, 0.6) is 0 Å². The Hall–Kier alpha value is -1.76. The predicted molar refractivity (Wildman–Crippen MR) is 88.2 cm³/mol. The molecule has 3 rings (SSSR count). The Bertz CT molecular complexity index is 625. The summed E-state index contributed by atoms with van der Waals surface area (Å²) in [5, 5.41) is 6.70. The highest BCUT2D eigenvalue weighted by Gasteiger charge is 2.23. The van der Waals surface area contributed by atoms with Crippen molar-refractivity contribution in [3.63, 3.8) is 0 Å². The molecule has 1 amide bonds. The van der Waals surface area contributed by atoms with Crippen LogP contribution in [-0.2, 0) is 4.74 Å². The number of rotatable bonds is 5. The maximum Gasteiger partial charge on any atom is 0.252 e. The number of nitrogens with one attached hydrogen (secondary N) is 1. The Morgan fingerprint density at radius 2 is 2.00 bits per heavy atom. The molecule has 1 atom stereocenters. The minimum atomic E-state index is -0.253. The fourth-order valence-corrected chi connectivity index (χ4v) is 3.35. The molecule has 122 valence electrons. The third kappa shape index (κ3) is 4.16. The molecule has 1 saturated heterocycles. The molecular formula is C17H19FN2O2S. The van der Waals surface area contributed by atoms with Crippen molar-refractivity contribution >= 4 is 17.2 Å². The Kier molecular flexibility index (Phi) is 5.38. The van der Waals surface area contributed by atoms with Crippen LogP contribution in [0.15, 0.2) is 41.1 Å². The van der Waals surface area contributed by atoms with Crippen molar-refractivity contribution in [2.24, 2.45) is 0 Å². The molecule has 1 aliphatic heterocycles. The van der Waals surface area contributed by atoms with Gasteiger partial charge in [-0.05, 0) is 29.1 Å². The third-order valence-electron chi connectivity index (χ3n) is 3.98. The topological polar surface area (TPSA) is 41.6 Å². The van der Waals surface area contributed by atoms with Crippen molar-refractivity contribution in [3.05, 3.63) is 58.0 Å². The number of hydrogen-bond donors (Lipinski definition) is 1. The average Bonchev–Trinajstić information content (AvgIpc) is 3.12. The van der Waals surface area contributed by atoms with E-state index in [4.69, 9.17) is 4.74 Å². The Morgan fingerprint density at radius 1 is 1.26 bits per heavy atom. The first-order valence-electron chi connectivity index (χ1n) is 7.62. The summed E-state index contributed by atoms with van der Waals surface area (Å²) in [5.41, 5.74) is 1.67. The van der Waals surface area contributed by atoms with Gasteiger partial charge in [0.25, 0.3) is 5.91 Å². The minimum Gasteiger partial charge on any atom is -0.379 e. The lowest BCUT2D eigenvalue weighted by Gasteiger charge is -2.34. The molecule has 0 unspecified atom stereocenters. The standard InChI is InChI=1S/C17H19FN2O2S/c18-15-3-1-13(2-4-15)16(20-6-8-22-9-7-20)11-19-17(21)14-5-10-23-12-14/h1-5,10,12,16H,6-9,11H2,(H,19,21)/t16-/m1/s1. The zero-order chi connectivity index (χ0) is 16.1. The molecule has 0 bridgehead atoms. The minimum absolute atomic E-state index is 0.0158. The van der Waals surface area contributed by atoms with Gasteiger partial charge in [-0.3, -0.25) is 9.69 Å². The number of amides is 1. The van der Waals surface area contributed by atoms with Gasteiger partial charge in [0.1, 0.15) is 5.82 Å².